The molecule has 1 fully saturated rings. The zero-order valence-electron chi connectivity index (χ0n) is 10.5. The van der Waals surface area contributed by atoms with Gasteiger partial charge in [-0.25, -0.2) is 0 Å². The quantitative estimate of drug-likeness (QED) is 0.868. The van der Waals surface area contributed by atoms with Crippen LogP contribution in [0.25, 0.3) is 0 Å². The van der Waals surface area contributed by atoms with Gasteiger partial charge in [0, 0.05) is 11.8 Å². The summed E-state index contributed by atoms with van der Waals surface area (Å²) in [7, 11) is 0. The zero-order valence-corrected chi connectivity index (χ0v) is 11.3. The van der Waals surface area contributed by atoms with Crippen LogP contribution in [-0.2, 0) is 11.2 Å². The van der Waals surface area contributed by atoms with Crippen LogP contribution in [0.4, 0.5) is 0 Å². The van der Waals surface area contributed by atoms with Crippen LogP contribution >= 0.6 is 11.8 Å². The normalized spacial score (nSPS) is 21.3. The van der Waals surface area contributed by atoms with Gasteiger partial charge in [-0.2, -0.15) is 11.8 Å². The van der Waals surface area contributed by atoms with Crippen molar-refractivity contribution in [2.75, 3.05) is 11.5 Å². The van der Waals surface area contributed by atoms with Crippen LogP contribution in [0.15, 0.2) is 30.3 Å². The highest BCUT2D eigenvalue weighted by molar-refractivity contribution is 7.99. The maximum Gasteiger partial charge on any atom is 0.237 e. The van der Waals surface area contributed by atoms with Gasteiger partial charge in [0.25, 0.3) is 0 Å². The lowest BCUT2D eigenvalue weighted by Gasteiger charge is -2.24. The maximum absolute atomic E-state index is 12.0. The fraction of sp³-hybridized carbons (Fsp3) is 0.500. The summed E-state index contributed by atoms with van der Waals surface area (Å²) < 4.78 is 0. The monoisotopic (exact) mass is 264 g/mol. The summed E-state index contributed by atoms with van der Waals surface area (Å²) in [5.41, 5.74) is 7.06. The summed E-state index contributed by atoms with van der Waals surface area (Å²) in [5, 5.41) is 3.05. The maximum atomic E-state index is 12.0. The van der Waals surface area contributed by atoms with E-state index >= 15 is 0 Å². The molecule has 0 saturated carbocycles. The number of carbonyl (C=O) groups excluding carboxylic acids is 1. The van der Waals surface area contributed by atoms with Gasteiger partial charge < -0.3 is 11.1 Å². The Balaban J connectivity index is 1.81. The molecule has 3 nitrogen and oxygen atoms in total. The second-order valence-electron chi connectivity index (χ2n) is 4.72. The van der Waals surface area contributed by atoms with Crippen LogP contribution in [0.2, 0.25) is 0 Å². The van der Waals surface area contributed by atoms with Crippen LogP contribution in [-0.4, -0.2) is 29.5 Å². The predicted molar refractivity (Wildman–Crippen MR) is 76.6 cm³/mol. The Morgan fingerprint density at radius 3 is 2.89 bits per heavy atom. The summed E-state index contributed by atoms with van der Waals surface area (Å²) in [5.74, 6) is 2.21. The van der Waals surface area contributed by atoms with E-state index in [4.69, 9.17) is 5.73 Å². The Labute approximate surface area is 113 Å². The third-order valence-electron chi connectivity index (χ3n) is 3.14. The average Bonchev–Trinajstić information content (AvgIpc) is 2.41. The van der Waals surface area contributed by atoms with Crippen molar-refractivity contribution >= 4 is 17.7 Å². The highest BCUT2D eigenvalue weighted by atomic mass is 32.2. The van der Waals surface area contributed by atoms with E-state index in [1.165, 1.54) is 12.2 Å². The Kier molecular flexibility index (Phi) is 5.08. The molecular formula is C14H20N2OS. The summed E-state index contributed by atoms with van der Waals surface area (Å²) in [4.78, 5) is 12.0. The van der Waals surface area contributed by atoms with Crippen molar-refractivity contribution in [3.63, 3.8) is 0 Å². The number of nitrogens with two attached hydrogens (primary N) is 1. The minimum Gasteiger partial charge on any atom is -0.351 e. The molecular weight excluding hydrogens is 244 g/mol. The Morgan fingerprint density at radius 2 is 2.22 bits per heavy atom. The van der Waals surface area contributed by atoms with Crippen molar-refractivity contribution in [1.82, 2.24) is 5.32 Å². The molecule has 98 valence electrons. The molecule has 0 radical (unpaired) electrons. The molecule has 4 heteroatoms. The van der Waals surface area contributed by atoms with Gasteiger partial charge in [0.2, 0.25) is 5.91 Å². The molecule has 1 aromatic carbocycles. The molecule has 2 unspecified atom stereocenters. The van der Waals surface area contributed by atoms with Crippen LogP contribution in [0, 0.1) is 0 Å². The van der Waals surface area contributed by atoms with Gasteiger partial charge in [0.05, 0.1) is 6.04 Å². The molecule has 2 atom stereocenters. The number of carbonyl (C=O) groups is 1. The molecule has 2 rings (SSSR count). The number of amides is 1. The standard InChI is InChI=1S/C14H20N2OS/c15-13(9-11-5-2-1-3-6-11)14(17)16-12-7-4-8-18-10-12/h1-3,5-6,12-13H,4,7-10,15H2,(H,16,17). The van der Waals surface area contributed by atoms with Crippen LogP contribution in [0.3, 0.4) is 0 Å². The number of thioether (sulfide) groups is 1. The fourth-order valence-corrected chi connectivity index (χ4v) is 3.20. The number of benzene rings is 1. The van der Waals surface area contributed by atoms with Crippen LogP contribution in [0.5, 0.6) is 0 Å². The molecule has 1 heterocycles. The summed E-state index contributed by atoms with van der Waals surface area (Å²) >= 11 is 1.91. The van der Waals surface area contributed by atoms with Crippen molar-refractivity contribution in [2.45, 2.75) is 31.3 Å². The highest BCUT2D eigenvalue weighted by Crippen LogP contribution is 2.17. The van der Waals surface area contributed by atoms with E-state index in [2.05, 4.69) is 5.32 Å². The summed E-state index contributed by atoms with van der Waals surface area (Å²) in [6.07, 6.45) is 2.87. The van der Waals surface area contributed by atoms with Gasteiger partial charge in [0.1, 0.15) is 0 Å². The van der Waals surface area contributed by atoms with Gasteiger partial charge in [-0.1, -0.05) is 30.3 Å². The van der Waals surface area contributed by atoms with Crippen LogP contribution < -0.4 is 11.1 Å². The van der Waals surface area contributed by atoms with Gasteiger partial charge in [0.15, 0.2) is 0 Å². The third-order valence-corrected chi connectivity index (χ3v) is 4.36. The topological polar surface area (TPSA) is 55.1 Å². The first-order chi connectivity index (χ1) is 8.75. The van der Waals surface area contributed by atoms with Crippen molar-refractivity contribution in [3.05, 3.63) is 35.9 Å². The van der Waals surface area contributed by atoms with Gasteiger partial charge in [-0.15, -0.1) is 0 Å². The van der Waals surface area contributed by atoms with Crippen molar-refractivity contribution in [1.29, 1.82) is 0 Å². The first-order valence-electron chi connectivity index (χ1n) is 6.43. The molecule has 0 aromatic heterocycles. The number of nitrogens with one attached hydrogen (secondary N) is 1. The number of hydrogen-bond acceptors (Lipinski definition) is 3. The van der Waals surface area contributed by atoms with Gasteiger partial charge in [-0.05, 0) is 30.6 Å². The van der Waals surface area contributed by atoms with E-state index in [9.17, 15) is 4.79 Å². The van der Waals surface area contributed by atoms with E-state index in [-0.39, 0.29) is 5.91 Å². The third kappa shape index (κ3) is 4.03. The predicted octanol–water partition coefficient (Wildman–Crippen LogP) is 1.57. The highest BCUT2D eigenvalue weighted by Gasteiger charge is 2.20. The SMILES string of the molecule is NC(Cc1ccccc1)C(=O)NC1CCCSC1. The molecule has 0 bridgehead atoms. The van der Waals surface area contributed by atoms with Gasteiger partial charge in [-0.3, -0.25) is 4.79 Å². The average molecular weight is 264 g/mol. The zero-order chi connectivity index (χ0) is 12.8. The first-order valence-corrected chi connectivity index (χ1v) is 7.59. The van der Waals surface area contributed by atoms with Crippen LogP contribution in [0.1, 0.15) is 18.4 Å². The lowest BCUT2D eigenvalue weighted by molar-refractivity contribution is -0.122. The minimum absolute atomic E-state index is 0.0219. The molecule has 1 aliphatic heterocycles. The van der Waals surface area contributed by atoms with Crippen molar-refractivity contribution in [2.24, 2.45) is 5.73 Å². The molecule has 1 amide bonds. The molecule has 1 aromatic rings. The second kappa shape index (κ2) is 6.81. The Morgan fingerprint density at radius 1 is 1.44 bits per heavy atom. The fourth-order valence-electron chi connectivity index (χ4n) is 2.12. The largest absolute Gasteiger partial charge is 0.351 e. The van der Waals surface area contributed by atoms with E-state index in [0.29, 0.717) is 12.5 Å². The van der Waals surface area contributed by atoms with E-state index < -0.39 is 6.04 Å². The summed E-state index contributed by atoms with van der Waals surface area (Å²) in [6.45, 7) is 0. The number of rotatable bonds is 4. The molecule has 1 saturated heterocycles. The van der Waals surface area contributed by atoms with E-state index in [1.54, 1.807) is 0 Å². The smallest absolute Gasteiger partial charge is 0.237 e. The number of hydrogen-bond donors (Lipinski definition) is 2. The molecule has 3 N–H and O–H groups in total. The minimum atomic E-state index is -0.445. The summed E-state index contributed by atoms with van der Waals surface area (Å²) in [6, 6.07) is 9.77. The van der Waals surface area contributed by atoms with Crippen molar-refractivity contribution < 1.29 is 4.79 Å². The Bertz CT molecular complexity index is 377. The Hall–Kier alpha value is -1.00. The second-order valence-corrected chi connectivity index (χ2v) is 5.87. The molecule has 0 spiro atoms. The first kappa shape index (κ1) is 13.4. The van der Waals surface area contributed by atoms with E-state index in [0.717, 1.165) is 17.7 Å². The lowest BCUT2D eigenvalue weighted by Crippen LogP contribution is -2.47. The molecule has 1 aliphatic rings. The lowest BCUT2D eigenvalue weighted by atomic mass is 10.1. The van der Waals surface area contributed by atoms with Gasteiger partial charge >= 0.3 is 0 Å². The van der Waals surface area contributed by atoms with Crippen molar-refractivity contribution in [3.8, 4) is 0 Å². The van der Waals surface area contributed by atoms with E-state index in [1.807, 2.05) is 42.1 Å². The molecule has 0 aliphatic carbocycles. The molecule has 18 heavy (non-hydrogen) atoms.